The zero-order valence-corrected chi connectivity index (χ0v) is 12.6. The second kappa shape index (κ2) is 6.85. The van der Waals surface area contributed by atoms with Crippen molar-refractivity contribution in [1.82, 2.24) is 9.88 Å². The summed E-state index contributed by atoms with van der Waals surface area (Å²) in [6.07, 6.45) is 0. The van der Waals surface area contributed by atoms with Gasteiger partial charge in [-0.1, -0.05) is 30.3 Å². The van der Waals surface area contributed by atoms with Gasteiger partial charge in [-0.2, -0.15) is 4.39 Å². The molecule has 1 aromatic heterocycles. The lowest BCUT2D eigenvalue weighted by molar-refractivity contribution is 0.249. The normalized spacial score (nSPS) is 16.0. The fraction of sp³-hybridized carbons (Fsp3) is 0.353. The lowest BCUT2D eigenvalue weighted by Gasteiger charge is -2.35. The third-order valence-electron chi connectivity index (χ3n) is 4.06. The van der Waals surface area contributed by atoms with Crippen molar-refractivity contribution in [2.24, 2.45) is 5.73 Å². The Bertz CT molecular complexity index is 606. The first-order chi connectivity index (χ1) is 10.7. The van der Waals surface area contributed by atoms with E-state index in [0.717, 1.165) is 44.1 Å². The van der Waals surface area contributed by atoms with E-state index in [9.17, 15) is 4.39 Å². The second-order valence-corrected chi connectivity index (χ2v) is 5.60. The van der Waals surface area contributed by atoms with Crippen molar-refractivity contribution >= 4 is 5.82 Å². The number of nitrogens with zero attached hydrogens (tertiary/aromatic N) is 3. The van der Waals surface area contributed by atoms with Crippen LogP contribution in [-0.2, 0) is 13.1 Å². The summed E-state index contributed by atoms with van der Waals surface area (Å²) in [5, 5.41) is 0. The summed E-state index contributed by atoms with van der Waals surface area (Å²) in [6.45, 7) is 5.18. The lowest BCUT2D eigenvalue weighted by atomic mass is 10.1. The maximum Gasteiger partial charge on any atom is 0.214 e. The SMILES string of the molecule is NCc1ccc(CN2CCN(c3cccc(F)n3)CC2)cc1. The molecular weight excluding hydrogens is 279 g/mol. The Balaban J connectivity index is 1.55. The topological polar surface area (TPSA) is 45.4 Å². The number of halogens is 1. The van der Waals surface area contributed by atoms with Crippen LogP contribution in [0.2, 0.25) is 0 Å². The van der Waals surface area contributed by atoms with E-state index in [1.807, 2.05) is 6.07 Å². The van der Waals surface area contributed by atoms with Crippen LogP contribution in [0, 0.1) is 5.95 Å². The molecule has 2 N–H and O–H groups in total. The second-order valence-electron chi connectivity index (χ2n) is 5.60. The Labute approximate surface area is 130 Å². The molecule has 3 rings (SSSR count). The largest absolute Gasteiger partial charge is 0.354 e. The fourth-order valence-corrected chi connectivity index (χ4v) is 2.75. The number of aromatic nitrogens is 1. The Morgan fingerprint density at radius 2 is 1.64 bits per heavy atom. The molecule has 116 valence electrons. The number of benzene rings is 1. The molecule has 0 atom stereocenters. The zero-order chi connectivity index (χ0) is 15.4. The van der Waals surface area contributed by atoms with Gasteiger partial charge in [0.1, 0.15) is 5.82 Å². The van der Waals surface area contributed by atoms with Crippen LogP contribution in [0.3, 0.4) is 0 Å². The molecule has 1 saturated heterocycles. The molecule has 0 amide bonds. The third kappa shape index (κ3) is 3.61. The number of piperazine rings is 1. The minimum absolute atomic E-state index is 0.417. The van der Waals surface area contributed by atoms with E-state index in [4.69, 9.17) is 5.73 Å². The average molecular weight is 300 g/mol. The van der Waals surface area contributed by atoms with E-state index >= 15 is 0 Å². The summed E-state index contributed by atoms with van der Waals surface area (Å²) in [7, 11) is 0. The molecule has 1 aromatic carbocycles. The summed E-state index contributed by atoms with van der Waals surface area (Å²) >= 11 is 0. The van der Waals surface area contributed by atoms with Gasteiger partial charge in [0.25, 0.3) is 0 Å². The number of anilines is 1. The summed E-state index contributed by atoms with van der Waals surface area (Å²) < 4.78 is 13.2. The third-order valence-corrected chi connectivity index (χ3v) is 4.06. The van der Waals surface area contributed by atoms with Crippen LogP contribution in [0.25, 0.3) is 0 Å². The van der Waals surface area contributed by atoms with Gasteiger partial charge in [0.15, 0.2) is 0 Å². The zero-order valence-electron chi connectivity index (χ0n) is 12.6. The van der Waals surface area contributed by atoms with Gasteiger partial charge in [0, 0.05) is 39.3 Å². The van der Waals surface area contributed by atoms with Crippen LogP contribution in [-0.4, -0.2) is 36.1 Å². The summed E-state index contributed by atoms with van der Waals surface area (Å²) in [5.41, 5.74) is 8.08. The quantitative estimate of drug-likeness (QED) is 0.877. The van der Waals surface area contributed by atoms with Crippen LogP contribution in [0.1, 0.15) is 11.1 Å². The molecule has 22 heavy (non-hydrogen) atoms. The first-order valence-corrected chi connectivity index (χ1v) is 7.62. The maximum atomic E-state index is 13.2. The molecule has 1 aliphatic rings. The van der Waals surface area contributed by atoms with Crippen LogP contribution < -0.4 is 10.6 Å². The van der Waals surface area contributed by atoms with Gasteiger partial charge in [-0.25, -0.2) is 4.98 Å². The van der Waals surface area contributed by atoms with Gasteiger partial charge in [-0.3, -0.25) is 4.90 Å². The molecule has 5 heteroatoms. The first kappa shape index (κ1) is 14.9. The molecule has 0 spiro atoms. The van der Waals surface area contributed by atoms with Gasteiger partial charge in [0.05, 0.1) is 0 Å². The van der Waals surface area contributed by atoms with E-state index in [-0.39, 0.29) is 0 Å². The van der Waals surface area contributed by atoms with Gasteiger partial charge < -0.3 is 10.6 Å². The van der Waals surface area contributed by atoms with Crippen molar-refractivity contribution in [3.63, 3.8) is 0 Å². The standard InChI is InChI=1S/C17H21FN4/c18-16-2-1-3-17(20-16)22-10-8-21(9-11-22)13-15-6-4-14(12-19)5-7-15/h1-7H,8-13,19H2. The monoisotopic (exact) mass is 300 g/mol. The minimum Gasteiger partial charge on any atom is -0.354 e. The lowest BCUT2D eigenvalue weighted by Crippen LogP contribution is -2.46. The Morgan fingerprint density at radius 1 is 0.955 bits per heavy atom. The minimum atomic E-state index is -0.417. The van der Waals surface area contributed by atoms with Gasteiger partial charge in [-0.15, -0.1) is 0 Å². The van der Waals surface area contributed by atoms with Crippen molar-refractivity contribution in [3.8, 4) is 0 Å². The number of rotatable bonds is 4. The molecule has 1 fully saturated rings. The molecule has 4 nitrogen and oxygen atoms in total. The van der Waals surface area contributed by atoms with E-state index in [1.165, 1.54) is 11.6 Å². The maximum absolute atomic E-state index is 13.2. The van der Waals surface area contributed by atoms with Crippen molar-refractivity contribution in [2.75, 3.05) is 31.1 Å². The van der Waals surface area contributed by atoms with Crippen LogP contribution in [0.15, 0.2) is 42.5 Å². The number of pyridine rings is 1. The molecule has 0 saturated carbocycles. The van der Waals surface area contributed by atoms with Crippen LogP contribution >= 0.6 is 0 Å². The first-order valence-electron chi connectivity index (χ1n) is 7.62. The van der Waals surface area contributed by atoms with Gasteiger partial charge in [-0.05, 0) is 23.3 Å². The molecular formula is C17H21FN4. The summed E-state index contributed by atoms with van der Waals surface area (Å²) in [4.78, 5) is 8.50. The number of hydrogen-bond donors (Lipinski definition) is 1. The molecule has 0 radical (unpaired) electrons. The summed E-state index contributed by atoms with van der Waals surface area (Å²) in [5.74, 6) is 0.312. The average Bonchev–Trinajstić information content (AvgIpc) is 2.56. The van der Waals surface area contributed by atoms with E-state index in [1.54, 1.807) is 6.07 Å². The highest BCUT2D eigenvalue weighted by Gasteiger charge is 2.18. The molecule has 2 heterocycles. The molecule has 2 aromatic rings. The Kier molecular flexibility index (Phi) is 4.65. The Morgan fingerprint density at radius 3 is 2.27 bits per heavy atom. The fourth-order valence-electron chi connectivity index (χ4n) is 2.75. The van der Waals surface area contributed by atoms with Crippen molar-refractivity contribution in [3.05, 3.63) is 59.5 Å². The predicted molar refractivity (Wildman–Crippen MR) is 86.0 cm³/mol. The van der Waals surface area contributed by atoms with E-state index in [2.05, 4.69) is 39.0 Å². The van der Waals surface area contributed by atoms with Crippen molar-refractivity contribution in [2.45, 2.75) is 13.1 Å². The highest BCUT2D eigenvalue weighted by Crippen LogP contribution is 2.15. The molecule has 0 unspecified atom stereocenters. The predicted octanol–water partition coefficient (Wildman–Crippen LogP) is 2.00. The van der Waals surface area contributed by atoms with Crippen LogP contribution in [0.5, 0.6) is 0 Å². The highest BCUT2D eigenvalue weighted by molar-refractivity contribution is 5.38. The van der Waals surface area contributed by atoms with Crippen molar-refractivity contribution < 1.29 is 4.39 Å². The van der Waals surface area contributed by atoms with Crippen molar-refractivity contribution in [1.29, 1.82) is 0 Å². The molecule has 1 aliphatic heterocycles. The Hall–Kier alpha value is -1.98. The highest BCUT2D eigenvalue weighted by atomic mass is 19.1. The molecule has 0 aliphatic carbocycles. The van der Waals surface area contributed by atoms with Crippen LogP contribution in [0.4, 0.5) is 10.2 Å². The smallest absolute Gasteiger partial charge is 0.214 e. The van der Waals surface area contributed by atoms with E-state index < -0.39 is 5.95 Å². The molecule has 0 bridgehead atoms. The van der Waals surface area contributed by atoms with Gasteiger partial charge in [0.2, 0.25) is 5.95 Å². The van der Waals surface area contributed by atoms with Gasteiger partial charge >= 0.3 is 0 Å². The number of hydrogen-bond acceptors (Lipinski definition) is 4. The number of nitrogens with two attached hydrogens (primary N) is 1. The van der Waals surface area contributed by atoms with E-state index in [0.29, 0.717) is 6.54 Å². The summed E-state index contributed by atoms with van der Waals surface area (Å²) in [6, 6.07) is 13.4.